The quantitative estimate of drug-likeness (QED) is 0.872. The molecule has 116 valence electrons. The molecule has 0 radical (unpaired) electrons. The summed E-state index contributed by atoms with van der Waals surface area (Å²) in [5, 5.41) is 10.2. The molecule has 0 aromatic carbocycles. The minimum atomic E-state index is 0.162. The van der Waals surface area contributed by atoms with Crippen LogP contribution >= 0.6 is 0 Å². The van der Waals surface area contributed by atoms with Crippen molar-refractivity contribution >= 4 is 5.91 Å². The maximum absolute atomic E-state index is 11.9. The maximum atomic E-state index is 11.9. The van der Waals surface area contributed by atoms with Crippen LogP contribution in [0.1, 0.15) is 24.6 Å². The van der Waals surface area contributed by atoms with E-state index in [-0.39, 0.29) is 5.91 Å². The van der Waals surface area contributed by atoms with Crippen molar-refractivity contribution in [3.8, 4) is 11.4 Å². The van der Waals surface area contributed by atoms with Crippen molar-refractivity contribution in [1.82, 2.24) is 30.4 Å². The summed E-state index contributed by atoms with van der Waals surface area (Å²) in [6.07, 6.45) is 5.31. The molecule has 0 spiro atoms. The van der Waals surface area contributed by atoms with Crippen molar-refractivity contribution in [2.24, 2.45) is 0 Å². The number of H-pyrrole nitrogens is 1. The Morgan fingerprint density at radius 1 is 1.45 bits per heavy atom. The minimum Gasteiger partial charge on any atom is -0.342 e. The van der Waals surface area contributed by atoms with Gasteiger partial charge >= 0.3 is 0 Å². The molecule has 2 N–H and O–H groups in total. The molecule has 2 aromatic rings. The van der Waals surface area contributed by atoms with Crippen LogP contribution in [0.5, 0.6) is 0 Å². The number of hydrogen-bond donors (Lipinski definition) is 2. The molecule has 1 aliphatic rings. The lowest BCUT2D eigenvalue weighted by Gasteiger charge is -2.31. The summed E-state index contributed by atoms with van der Waals surface area (Å²) in [7, 11) is 1.79. The average Bonchev–Trinajstić information content (AvgIpc) is 3.06. The van der Waals surface area contributed by atoms with Gasteiger partial charge in [-0.15, -0.1) is 0 Å². The number of carbonyl (C=O) groups is 1. The third-order valence-corrected chi connectivity index (χ3v) is 3.98. The van der Waals surface area contributed by atoms with Gasteiger partial charge in [-0.2, -0.15) is 5.10 Å². The zero-order valence-corrected chi connectivity index (χ0v) is 12.6. The molecule has 1 aliphatic heterocycles. The van der Waals surface area contributed by atoms with Crippen LogP contribution in [-0.4, -0.2) is 57.7 Å². The summed E-state index contributed by atoms with van der Waals surface area (Å²) in [5.41, 5.74) is 0.909. The molecule has 3 rings (SSSR count). The number of aromatic nitrogens is 4. The molecule has 1 saturated heterocycles. The summed E-state index contributed by atoms with van der Waals surface area (Å²) in [4.78, 5) is 22.4. The van der Waals surface area contributed by atoms with Gasteiger partial charge in [-0.25, -0.2) is 4.98 Å². The monoisotopic (exact) mass is 300 g/mol. The van der Waals surface area contributed by atoms with E-state index < -0.39 is 0 Å². The number of likely N-dealkylation sites (N-methyl/N-ethyl adjacent to an activating group) is 1. The topological polar surface area (TPSA) is 86.8 Å². The first kappa shape index (κ1) is 14.6. The second-order valence-electron chi connectivity index (χ2n) is 5.47. The molecule has 0 unspecified atom stereocenters. The zero-order valence-electron chi connectivity index (χ0n) is 12.6. The van der Waals surface area contributed by atoms with Crippen LogP contribution < -0.4 is 5.32 Å². The SMILES string of the molecule is CNCC(=O)N1CCC(c2nc(-c3cccnc3)n[nH]2)CC1. The van der Waals surface area contributed by atoms with Crippen LogP contribution in [0.3, 0.4) is 0 Å². The molecule has 7 heteroatoms. The van der Waals surface area contributed by atoms with Gasteiger partial charge in [0.25, 0.3) is 0 Å². The van der Waals surface area contributed by atoms with E-state index in [0.29, 0.717) is 18.3 Å². The molecule has 1 fully saturated rings. The minimum absolute atomic E-state index is 0.162. The number of piperidine rings is 1. The summed E-state index contributed by atoms with van der Waals surface area (Å²) in [5.74, 6) is 2.07. The van der Waals surface area contributed by atoms with Crippen molar-refractivity contribution in [2.75, 3.05) is 26.7 Å². The van der Waals surface area contributed by atoms with Crippen LogP contribution in [0.4, 0.5) is 0 Å². The molecule has 3 heterocycles. The smallest absolute Gasteiger partial charge is 0.236 e. The number of carbonyl (C=O) groups excluding carboxylic acids is 1. The lowest BCUT2D eigenvalue weighted by atomic mass is 9.96. The standard InChI is InChI=1S/C15H20N6O/c1-16-10-13(22)21-7-4-11(5-8-21)14-18-15(20-19-14)12-3-2-6-17-9-12/h2-3,6,9,11,16H,4-5,7-8,10H2,1H3,(H,18,19,20). The average molecular weight is 300 g/mol. The van der Waals surface area contributed by atoms with E-state index in [9.17, 15) is 4.79 Å². The Balaban J connectivity index is 1.63. The number of amides is 1. The highest BCUT2D eigenvalue weighted by Gasteiger charge is 2.25. The fourth-order valence-corrected chi connectivity index (χ4v) is 2.75. The fraction of sp³-hybridized carbons (Fsp3) is 0.467. The summed E-state index contributed by atoms with van der Waals surface area (Å²) in [6, 6.07) is 3.82. The zero-order chi connectivity index (χ0) is 15.4. The van der Waals surface area contributed by atoms with E-state index in [2.05, 4.69) is 25.5 Å². The number of aromatic amines is 1. The van der Waals surface area contributed by atoms with Crippen LogP contribution in [0.25, 0.3) is 11.4 Å². The summed E-state index contributed by atoms with van der Waals surface area (Å²) < 4.78 is 0. The number of pyridine rings is 1. The molecule has 0 bridgehead atoms. The number of rotatable bonds is 4. The van der Waals surface area contributed by atoms with Gasteiger partial charge in [-0.1, -0.05) is 0 Å². The van der Waals surface area contributed by atoms with Gasteiger partial charge in [-0.3, -0.25) is 14.9 Å². The molecular weight excluding hydrogens is 280 g/mol. The van der Waals surface area contributed by atoms with Crippen molar-refractivity contribution in [3.05, 3.63) is 30.4 Å². The van der Waals surface area contributed by atoms with Crippen molar-refractivity contribution in [3.63, 3.8) is 0 Å². The summed E-state index contributed by atoms with van der Waals surface area (Å²) in [6.45, 7) is 1.94. The highest BCUT2D eigenvalue weighted by atomic mass is 16.2. The van der Waals surface area contributed by atoms with E-state index in [0.717, 1.165) is 37.3 Å². The number of nitrogens with zero attached hydrogens (tertiary/aromatic N) is 4. The first-order valence-electron chi connectivity index (χ1n) is 7.53. The molecule has 1 amide bonds. The van der Waals surface area contributed by atoms with Gasteiger partial charge in [0.15, 0.2) is 5.82 Å². The predicted molar refractivity (Wildman–Crippen MR) is 82.1 cm³/mol. The number of hydrogen-bond acceptors (Lipinski definition) is 5. The van der Waals surface area contributed by atoms with Gasteiger partial charge < -0.3 is 10.2 Å². The number of nitrogens with one attached hydrogen (secondary N) is 2. The highest BCUT2D eigenvalue weighted by molar-refractivity contribution is 5.78. The van der Waals surface area contributed by atoms with Crippen LogP contribution in [0.2, 0.25) is 0 Å². The van der Waals surface area contributed by atoms with E-state index in [1.807, 2.05) is 17.0 Å². The first-order chi connectivity index (χ1) is 10.8. The lowest BCUT2D eigenvalue weighted by Crippen LogP contribution is -2.42. The maximum Gasteiger partial charge on any atom is 0.236 e. The first-order valence-corrected chi connectivity index (χ1v) is 7.53. The lowest BCUT2D eigenvalue weighted by molar-refractivity contribution is -0.131. The van der Waals surface area contributed by atoms with E-state index in [1.165, 1.54) is 0 Å². The van der Waals surface area contributed by atoms with Gasteiger partial charge in [-0.05, 0) is 32.0 Å². The van der Waals surface area contributed by atoms with Gasteiger partial charge in [0.1, 0.15) is 5.82 Å². The van der Waals surface area contributed by atoms with Crippen molar-refractivity contribution < 1.29 is 4.79 Å². The Labute approximate surface area is 129 Å². The van der Waals surface area contributed by atoms with E-state index >= 15 is 0 Å². The van der Waals surface area contributed by atoms with Gasteiger partial charge in [0, 0.05) is 37.0 Å². The Kier molecular flexibility index (Phi) is 4.43. The molecule has 2 aromatic heterocycles. The van der Waals surface area contributed by atoms with Crippen LogP contribution in [0.15, 0.2) is 24.5 Å². The Hall–Kier alpha value is -2.28. The van der Waals surface area contributed by atoms with Crippen molar-refractivity contribution in [2.45, 2.75) is 18.8 Å². The molecule has 0 saturated carbocycles. The largest absolute Gasteiger partial charge is 0.342 e. The van der Waals surface area contributed by atoms with E-state index in [4.69, 9.17) is 0 Å². The van der Waals surface area contributed by atoms with Gasteiger partial charge in [0.05, 0.1) is 6.54 Å². The third-order valence-electron chi connectivity index (χ3n) is 3.98. The Bertz CT molecular complexity index is 618. The predicted octanol–water partition coefficient (Wildman–Crippen LogP) is 0.792. The van der Waals surface area contributed by atoms with Crippen LogP contribution in [0, 0.1) is 0 Å². The second kappa shape index (κ2) is 6.65. The molecular formula is C15H20N6O. The molecule has 0 atom stereocenters. The van der Waals surface area contributed by atoms with Gasteiger partial charge in [0.2, 0.25) is 5.91 Å². The second-order valence-corrected chi connectivity index (χ2v) is 5.47. The van der Waals surface area contributed by atoms with Crippen LogP contribution in [-0.2, 0) is 4.79 Å². The highest BCUT2D eigenvalue weighted by Crippen LogP contribution is 2.26. The molecule has 7 nitrogen and oxygen atoms in total. The number of likely N-dealkylation sites (tertiary alicyclic amines) is 1. The normalized spacial score (nSPS) is 16.0. The van der Waals surface area contributed by atoms with Crippen molar-refractivity contribution in [1.29, 1.82) is 0 Å². The molecule has 0 aliphatic carbocycles. The molecule has 22 heavy (non-hydrogen) atoms. The fourth-order valence-electron chi connectivity index (χ4n) is 2.75. The van der Waals surface area contributed by atoms with E-state index in [1.54, 1.807) is 19.4 Å². The third kappa shape index (κ3) is 3.14. The Morgan fingerprint density at radius 2 is 2.27 bits per heavy atom. The Morgan fingerprint density at radius 3 is 2.95 bits per heavy atom. The summed E-state index contributed by atoms with van der Waals surface area (Å²) >= 11 is 0.